The van der Waals surface area contributed by atoms with Crippen molar-refractivity contribution in [3.8, 4) is 0 Å². The summed E-state index contributed by atoms with van der Waals surface area (Å²) in [6.07, 6.45) is 3.06. The van der Waals surface area contributed by atoms with Gasteiger partial charge in [-0.3, -0.25) is 14.9 Å². The van der Waals surface area contributed by atoms with E-state index in [2.05, 4.69) is 4.90 Å². The molecule has 3 rings (SSSR count). The van der Waals surface area contributed by atoms with Gasteiger partial charge in [0.2, 0.25) is 0 Å². The van der Waals surface area contributed by atoms with Gasteiger partial charge < -0.3 is 9.64 Å². The van der Waals surface area contributed by atoms with E-state index in [-0.39, 0.29) is 11.5 Å². The lowest BCUT2D eigenvalue weighted by Gasteiger charge is -2.29. The van der Waals surface area contributed by atoms with Gasteiger partial charge in [0.1, 0.15) is 0 Å². The van der Waals surface area contributed by atoms with E-state index >= 15 is 0 Å². The van der Waals surface area contributed by atoms with Gasteiger partial charge >= 0.3 is 0 Å². The van der Waals surface area contributed by atoms with Crippen molar-refractivity contribution in [3.05, 3.63) is 75.3 Å². The van der Waals surface area contributed by atoms with Crippen LogP contribution in [0.4, 0.5) is 11.4 Å². The van der Waals surface area contributed by atoms with E-state index in [0.717, 1.165) is 18.8 Å². The summed E-state index contributed by atoms with van der Waals surface area (Å²) in [5.41, 5.74) is 2.86. The Morgan fingerprint density at radius 2 is 1.96 bits per heavy atom. The fourth-order valence-corrected chi connectivity index (χ4v) is 2.87. The number of anilines is 1. The molecule has 0 bridgehead atoms. The maximum atomic E-state index is 12.5. The molecule has 26 heavy (non-hydrogen) atoms. The Kier molecular flexibility index (Phi) is 5.43. The number of ether oxygens (including phenoxy) is 1. The molecule has 0 aromatic heterocycles. The molecule has 1 saturated heterocycles. The molecule has 0 N–H and O–H groups in total. The van der Waals surface area contributed by atoms with E-state index in [9.17, 15) is 14.9 Å². The lowest BCUT2D eigenvalue weighted by Crippen LogP contribution is -2.36. The second-order valence-electron chi connectivity index (χ2n) is 6.15. The van der Waals surface area contributed by atoms with Crippen molar-refractivity contribution < 1.29 is 14.5 Å². The summed E-state index contributed by atoms with van der Waals surface area (Å²) in [4.78, 5) is 25.3. The van der Waals surface area contributed by atoms with Gasteiger partial charge in [-0.25, -0.2) is 0 Å². The summed E-state index contributed by atoms with van der Waals surface area (Å²) in [6.45, 7) is 4.67. The largest absolute Gasteiger partial charge is 0.378 e. The van der Waals surface area contributed by atoms with Gasteiger partial charge in [0.25, 0.3) is 5.69 Å². The molecule has 0 amide bonds. The number of allylic oxidation sites excluding steroid dienone is 1. The molecule has 6 nitrogen and oxygen atoms in total. The fourth-order valence-electron chi connectivity index (χ4n) is 2.87. The van der Waals surface area contributed by atoms with Crippen molar-refractivity contribution in [2.45, 2.75) is 6.92 Å². The number of ketones is 1. The number of benzene rings is 2. The van der Waals surface area contributed by atoms with Crippen molar-refractivity contribution >= 4 is 23.2 Å². The maximum Gasteiger partial charge on any atom is 0.272 e. The molecule has 0 unspecified atom stereocenters. The second-order valence-corrected chi connectivity index (χ2v) is 6.15. The summed E-state index contributed by atoms with van der Waals surface area (Å²) in [5.74, 6) is -0.136. The number of nitrogens with zero attached hydrogens (tertiary/aromatic N) is 2. The lowest BCUT2D eigenvalue weighted by atomic mass is 10.1. The first-order valence-corrected chi connectivity index (χ1v) is 8.45. The molecule has 1 heterocycles. The Hall–Kier alpha value is -2.99. The number of morpholine rings is 1. The fraction of sp³-hybridized carbons (Fsp3) is 0.250. The van der Waals surface area contributed by atoms with Crippen molar-refractivity contribution in [2.75, 3.05) is 31.2 Å². The summed E-state index contributed by atoms with van der Waals surface area (Å²) in [6, 6.07) is 12.4. The van der Waals surface area contributed by atoms with Crippen LogP contribution in [0.25, 0.3) is 6.08 Å². The third-order valence-corrected chi connectivity index (χ3v) is 4.36. The number of hydrogen-bond donors (Lipinski definition) is 0. The molecule has 1 fully saturated rings. The topological polar surface area (TPSA) is 72.7 Å². The smallest absolute Gasteiger partial charge is 0.272 e. The van der Waals surface area contributed by atoms with Gasteiger partial charge in [-0.15, -0.1) is 0 Å². The third-order valence-electron chi connectivity index (χ3n) is 4.36. The Bertz CT molecular complexity index is 855. The minimum atomic E-state index is -0.416. The molecule has 0 saturated carbocycles. The summed E-state index contributed by atoms with van der Waals surface area (Å²) >= 11 is 0. The monoisotopic (exact) mass is 352 g/mol. The van der Waals surface area contributed by atoms with Crippen LogP contribution in [0.3, 0.4) is 0 Å². The van der Waals surface area contributed by atoms with Crippen LogP contribution in [0.2, 0.25) is 0 Å². The summed E-state index contributed by atoms with van der Waals surface area (Å²) < 4.78 is 5.35. The standard InChI is InChI=1S/C20H20N2O4/c1-15-5-6-16(13-19(15)22(24)25)7-8-20(23)17-3-2-4-18(14-17)21-9-11-26-12-10-21/h2-8,13-14H,9-12H2,1H3. The summed E-state index contributed by atoms with van der Waals surface area (Å²) in [5, 5.41) is 11.0. The van der Waals surface area contributed by atoms with Crippen molar-refractivity contribution in [3.63, 3.8) is 0 Å². The van der Waals surface area contributed by atoms with Crippen LogP contribution in [0.5, 0.6) is 0 Å². The average molecular weight is 352 g/mol. The number of carbonyl (C=O) groups excluding carboxylic acids is 1. The van der Waals surface area contributed by atoms with Crippen LogP contribution in [0, 0.1) is 17.0 Å². The third kappa shape index (κ3) is 4.15. The zero-order valence-corrected chi connectivity index (χ0v) is 14.6. The SMILES string of the molecule is Cc1ccc(C=CC(=O)c2cccc(N3CCOCC3)c2)cc1[N+](=O)[O-]. The normalized spacial score (nSPS) is 14.6. The maximum absolute atomic E-state index is 12.5. The quantitative estimate of drug-likeness (QED) is 0.355. The van der Waals surface area contributed by atoms with E-state index in [4.69, 9.17) is 4.74 Å². The molecule has 0 atom stereocenters. The predicted molar refractivity (Wildman–Crippen MR) is 101 cm³/mol. The lowest BCUT2D eigenvalue weighted by molar-refractivity contribution is -0.385. The van der Waals surface area contributed by atoms with E-state index in [0.29, 0.717) is 29.9 Å². The van der Waals surface area contributed by atoms with Gasteiger partial charge in [-0.1, -0.05) is 30.3 Å². The Labute approximate surface area is 151 Å². The van der Waals surface area contributed by atoms with Crippen molar-refractivity contribution in [1.29, 1.82) is 0 Å². The van der Waals surface area contributed by atoms with Gasteiger partial charge in [0.05, 0.1) is 18.1 Å². The zero-order chi connectivity index (χ0) is 18.5. The number of rotatable bonds is 5. The van der Waals surface area contributed by atoms with Gasteiger partial charge in [0, 0.05) is 36.0 Å². The van der Waals surface area contributed by atoms with Gasteiger partial charge in [-0.2, -0.15) is 0 Å². The second kappa shape index (κ2) is 7.93. The van der Waals surface area contributed by atoms with E-state index in [1.54, 1.807) is 31.2 Å². The van der Waals surface area contributed by atoms with E-state index in [1.165, 1.54) is 12.1 Å². The Morgan fingerprint density at radius 1 is 1.19 bits per heavy atom. The van der Waals surface area contributed by atoms with Crippen molar-refractivity contribution in [2.24, 2.45) is 0 Å². The van der Waals surface area contributed by atoms with Crippen LogP contribution in [-0.2, 0) is 4.74 Å². The van der Waals surface area contributed by atoms with E-state index in [1.807, 2.05) is 18.2 Å². The Morgan fingerprint density at radius 3 is 2.69 bits per heavy atom. The van der Waals surface area contributed by atoms with Crippen molar-refractivity contribution in [1.82, 2.24) is 0 Å². The molecule has 0 aliphatic carbocycles. The first kappa shape index (κ1) is 17.8. The highest BCUT2D eigenvalue weighted by molar-refractivity contribution is 6.07. The number of nitro groups is 1. The average Bonchev–Trinajstić information content (AvgIpc) is 2.67. The van der Waals surface area contributed by atoms with Crippen LogP contribution >= 0.6 is 0 Å². The molecular formula is C20H20N2O4. The summed E-state index contributed by atoms with van der Waals surface area (Å²) in [7, 11) is 0. The number of nitro benzene ring substituents is 1. The van der Waals surface area contributed by atoms with Crippen LogP contribution in [-0.4, -0.2) is 37.0 Å². The van der Waals surface area contributed by atoms with Gasteiger partial charge in [-0.05, 0) is 30.7 Å². The number of aryl methyl sites for hydroxylation is 1. The molecule has 2 aromatic rings. The highest BCUT2D eigenvalue weighted by Gasteiger charge is 2.13. The molecule has 6 heteroatoms. The highest BCUT2D eigenvalue weighted by Crippen LogP contribution is 2.21. The van der Waals surface area contributed by atoms with Gasteiger partial charge in [0.15, 0.2) is 5.78 Å². The molecule has 134 valence electrons. The van der Waals surface area contributed by atoms with Crippen LogP contribution in [0.15, 0.2) is 48.5 Å². The minimum Gasteiger partial charge on any atom is -0.378 e. The minimum absolute atomic E-state index is 0.0499. The molecule has 0 spiro atoms. The Balaban J connectivity index is 1.76. The first-order valence-electron chi connectivity index (χ1n) is 8.45. The molecule has 1 aliphatic rings. The van der Waals surface area contributed by atoms with Crippen LogP contribution in [0.1, 0.15) is 21.5 Å². The van der Waals surface area contributed by atoms with E-state index < -0.39 is 4.92 Å². The number of carbonyl (C=O) groups is 1. The zero-order valence-electron chi connectivity index (χ0n) is 14.6. The first-order chi connectivity index (χ1) is 12.5. The number of hydrogen-bond acceptors (Lipinski definition) is 5. The highest BCUT2D eigenvalue weighted by atomic mass is 16.6. The van der Waals surface area contributed by atoms with Crippen LogP contribution < -0.4 is 4.90 Å². The molecule has 0 radical (unpaired) electrons. The predicted octanol–water partition coefficient (Wildman–Crippen LogP) is 3.64. The molecule has 1 aliphatic heterocycles. The molecule has 2 aromatic carbocycles. The molecular weight excluding hydrogens is 332 g/mol.